The second-order valence-electron chi connectivity index (χ2n) is 5.82. The highest BCUT2D eigenvalue weighted by Crippen LogP contribution is 2.17. The van der Waals surface area contributed by atoms with Crippen LogP contribution in [0.3, 0.4) is 0 Å². The van der Waals surface area contributed by atoms with Crippen LogP contribution in [0.25, 0.3) is 0 Å². The number of halogens is 1. The standard InChI is InChI=1S/C14H18FN3O4S/c15-11-5-10(14(19)20)6-13(7-11)23(21,22)16-8-12-9-17-1-3-18(12)4-2-17/h5-7,12,16H,1-4,8-9H2,(H,19,20). The van der Waals surface area contributed by atoms with E-state index in [0.29, 0.717) is 0 Å². The van der Waals surface area contributed by atoms with Gasteiger partial charge < -0.3 is 5.11 Å². The number of carboxylic acid groups (broad SMARTS) is 1. The molecule has 2 N–H and O–H groups in total. The molecule has 3 aliphatic heterocycles. The molecule has 0 saturated carbocycles. The Morgan fingerprint density at radius 3 is 2.52 bits per heavy atom. The number of nitrogens with zero attached hydrogens (tertiary/aromatic N) is 2. The maximum absolute atomic E-state index is 13.5. The Morgan fingerprint density at radius 1 is 1.26 bits per heavy atom. The van der Waals surface area contributed by atoms with Gasteiger partial charge in [0.25, 0.3) is 0 Å². The summed E-state index contributed by atoms with van der Waals surface area (Å²) in [6, 6.07) is 2.66. The quantitative estimate of drug-likeness (QED) is 0.770. The van der Waals surface area contributed by atoms with Gasteiger partial charge in [-0.05, 0) is 18.2 Å². The minimum absolute atomic E-state index is 0.0831. The lowest BCUT2D eigenvalue weighted by Crippen LogP contribution is -2.63. The SMILES string of the molecule is O=C(O)c1cc(F)cc(S(=O)(=O)NCC2CN3CCN2CC3)c1. The van der Waals surface area contributed by atoms with Crippen LogP contribution in [-0.2, 0) is 10.0 Å². The third-order valence-corrected chi connectivity index (χ3v) is 5.73. The molecule has 3 heterocycles. The fourth-order valence-corrected chi connectivity index (χ4v) is 4.18. The van der Waals surface area contributed by atoms with Crippen molar-refractivity contribution in [2.24, 2.45) is 0 Å². The molecule has 0 radical (unpaired) electrons. The van der Waals surface area contributed by atoms with Crippen molar-refractivity contribution in [2.75, 3.05) is 39.3 Å². The van der Waals surface area contributed by atoms with Gasteiger partial charge in [0.05, 0.1) is 10.5 Å². The van der Waals surface area contributed by atoms with E-state index >= 15 is 0 Å². The first-order valence-corrected chi connectivity index (χ1v) is 8.83. The van der Waals surface area contributed by atoms with Crippen LogP contribution in [0, 0.1) is 5.82 Å². The number of rotatable bonds is 5. The zero-order valence-corrected chi connectivity index (χ0v) is 13.2. The predicted molar refractivity (Wildman–Crippen MR) is 80.3 cm³/mol. The average molecular weight is 343 g/mol. The molecule has 1 aromatic carbocycles. The summed E-state index contributed by atoms with van der Waals surface area (Å²) in [5.74, 6) is -2.26. The van der Waals surface area contributed by atoms with Crippen molar-refractivity contribution in [1.29, 1.82) is 0 Å². The number of nitrogens with one attached hydrogen (secondary N) is 1. The maximum atomic E-state index is 13.5. The lowest BCUT2D eigenvalue weighted by Gasteiger charge is -2.47. The number of hydrogen-bond acceptors (Lipinski definition) is 5. The van der Waals surface area contributed by atoms with Crippen LogP contribution in [0.15, 0.2) is 23.1 Å². The van der Waals surface area contributed by atoms with Gasteiger partial charge in [0.1, 0.15) is 5.82 Å². The van der Waals surface area contributed by atoms with E-state index in [0.717, 1.165) is 50.9 Å². The minimum Gasteiger partial charge on any atom is -0.478 e. The van der Waals surface area contributed by atoms with E-state index in [1.165, 1.54) is 0 Å². The Bertz CT molecular complexity index is 717. The van der Waals surface area contributed by atoms with Gasteiger partial charge in [-0.25, -0.2) is 22.3 Å². The molecule has 3 saturated heterocycles. The second-order valence-corrected chi connectivity index (χ2v) is 7.59. The Kier molecular flexibility index (Phi) is 4.37. The third kappa shape index (κ3) is 3.52. The first kappa shape index (κ1) is 16.3. The van der Waals surface area contributed by atoms with E-state index in [9.17, 15) is 17.6 Å². The van der Waals surface area contributed by atoms with Crippen molar-refractivity contribution < 1.29 is 22.7 Å². The molecule has 1 atom stereocenters. The fourth-order valence-electron chi connectivity index (χ4n) is 3.05. The van der Waals surface area contributed by atoms with Gasteiger partial charge in [-0.15, -0.1) is 0 Å². The van der Waals surface area contributed by atoms with E-state index in [4.69, 9.17) is 5.11 Å². The molecule has 3 aliphatic rings. The molecule has 9 heteroatoms. The van der Waals surface area contributed by atoms with Crippen LogP contribution in [0.2, 0.25) is 0 Å². The molecular weight excluding hydrogens is 325 g/mol. The van der Waals surface area contributed by atoms with Gasteiger partial charge in [0.15, 0.2) is 0 Å². The fraction of sp³-hybridized carbons (Fsp3) is 0.500. The summed E-state index contributed by atoms with van der Waals surface area (Å²) in [5, 5.41) is 8.91. The highest BCUT2D eigenvalue weighted by Gasteiger charge is 2.32. The van der Waals surface area contributed by atoms with Crippen molar-refractivity contribution in [2.45, 2.75) is 10.9 Å². The van der Waals surface area contributed by atoms with E-state index in [1.807, 2.05) is 0 Å². The molecule has 23 heavy (non-hydrogen) atoms. The lowest BCUT2D eigenvalue weighted by molar-refractivity contribution is 0.0158. The number of fused-ring (bicyclic) bond motifs is 3. The van der Waals surface area contributed by atoms with Crippen molar-refractivity contribution in [3.63, 3.8) is 0 Å². The Morgan fingerprint density at radius 2 is 1.96 bits per heavy atom. The van der Waals surface area contributed by atoms with Crippen LogP contribution >= 0.6 is 0 Å². The summed E-state index contributed by atoms with van der Waals surface area (Å²) >= 11 is 0. The van der Waals surface area contributed by atoms with Crippen molar-refractivity contribution in [1.82, 2.24) is 14.5 Å². The number of benzene rings is 1. The highest BCUT2D eigenvalue weighted by atomic mass is 32.2. The normalized spacial score (nSPS) is 27.1. The first-order valence-electron chi connectivity index (χ1n) is 7.35. The van der Waals surface area contributed by atoms with E-state index in [-0.39, 0.29) is 17.5 Å². The molecule has 0 aromatic heterocycles. The zero-order valence-electron chi connectivity index (χ0n) is 12.4. The van der Waals surface area contributed by atoms with Crippen molar-refractivity contribution in [3.05, 3.63) is 29.6 Å². The number of aromatic carboxylic acids is 1. The van der Waals surface area contributed by atoms with E-state index < -0.39 is 27.4 Å². The molecule has 1 unspecified atom stereocenters. The second kappa shape index (κ2) is 6.16. The molecule has 7 nitrogen and oxygen atoms in total. The Hall–Kier alpha value is -1.55. The molecule has 1 aromatic rings. The third-order valence-electron chi connectivity index (χ3n) is 4.33. The predicted octanol–water partition coefficient (Wildman–Crippen LogP) is -0.198. The van der Waals surface area contributed by atoms with Gasteiger partial charge in [-0.2, -0.15) is 0 Å². The maximum Gasteiger partial charge on any atom is 0.335 e. The van der Waals surface area contributed by atoms with Gasteiger partial charge in [-0.1, -0.05) is 0 Å². The molecule has 3 fully saturated rings. The first-order chi connectivity index (χ1) is 10.8. The molecule has 2 bridgehead atoms. The molecule has 126 valence electrons. The summed E-state index contributed by atoms with van der Waals surface area (Å²) in [4.78, 5) is 15.1. The van der Waals surface area contributed by atoms with Crippen LogP contribution < -0.4 is 4.72 Å². The number of hydrogen-bond donors (Lipinski definition) is 2. The van der Waals surface area contributed by atoms with E-state index in [2.05, 4.69) is 14.5 Å². The summed E-state index contributed by atoms with van der Waals surface area (Å²) in [6.45, 7) is 4.83. The molecule has 0 amide bonds. The smallest absolute Gasteiger partial charge is 0.335 e. The topological polar surface area (TPSA) is 89.9 Å². The summed E-state index contributed by atoms with van der Waals surface area (Å²) < 4.78 is 40.5. The largest absolute Gasteiger partial charge is 0.478 e. The molecule has 0 spiro atoms. The number of carboxylic acids is 1. The monoisotopic (exact) mass is 343 g/mol. The molecular formula is C14H18FN3O4S. The lowest BCUT2D eigenvalue weighted by atomic mass is 10.1. The summed E-state index contributed by atoms with van der Waals surface area (Å²) in [5.41, 5.74) is -0.392. The Balaban J connectivity index is 1.73. The minimum atomic E-state index is -3.95. The summed E-state index contributed by atoms with van der Waals surface area (Å²) in [6.07, 6.45) is 0. The summed E-state index contributed by atoms with van der Waals surface area (Å²) in [7, 11) is -3.95. The van der Waals surface area contributed by atoms with Gasteiger partial charge in [0, 0.05) is 45.3 Å². The van der Waals surface area contributed by atoms with Crippen LogP contribution in [0.5, 0.6) is 0 Å². The van der Waals surface area contributed by atoms with Gasteiger partial charge >= 0.3 is 5.97 Å². The Labute approximate surface area is 133 Å². The van der Waals surface area contributed by atoms with Crippen LogP contribution in [0.1, 0.15) is 10.4 Å². The van der Waals surface area contributed by atoms with Gasteiger partial charge in [-0.3, -0.25) is 9.80 Å². The number of piperazine rings is 3. The average Bonchev–Trinajstić information content (AvgIpc) is 2.53. The molecule has 4 rings (SSSR count). The highest BCUT2D eigenvalue weighted by molar-refractivity contribution is 7.89. The zero-order chi connectivity index (χ0) is 16.6. The number of sulfonamides is 1. The van der Waals surface area contributed by atoms with Crippen molar-refractivity contribution in [3.8, 4) is 0 Å². The van der Waals surface area contributed by atoms with Crippen molar-refractivity contribution >= 4 is 16.0 Å². The van der Waals surface area contributed by atoms with Crippen LogP contribution in [-0.4, -0.2) is 74.6 Å². The number of carbonyl (C=O) groups is 1. The molecule has 0 aliphatic carbocycles. The van der Waals surface area contributed by atoms with E-state index in [1.54, 1.807) is 0 Å². The van der Waals surface area contributed by atoms with Crippen LogP contribution in [0.4, 0.5) is 4.39 Å². The van der Waals surface area contributed by atoms with Gasteiger partial charge in [0.2, 0.25) is 10.0 Å².